The van der Waals surface area contributed by atoms with Gasteiger partial charge in [0.25, 0.3) is 0 Å². The van der Waals surface area contributed by atoms with Crippen molar-refractivity contribution in [1.82, 2.24) is 0 Å². The Morgan fingerprint density at radius 1 is 1.18 bits per heavy atom. The molecular formula is C14H19FO2. The molecule has 3 heteroatoms. The van der Waals surface area contributed by atoms with Crippen LogP contribution in [0.4, 0.5) is 4.39 Å². The monoisotopic (exact) mass is 238 g/mol. The smallest absolute Gasteiger partial charge is 0.130 e. The van der Waals surface area contributed by atoms with Crippen molar-refractivity contribution >= 4 is 0 Å². The molecule has 1 aliphatic rings. The minimum atomic E-state index is -0.322. The molecule has 1 saturated heterocycles. The third-order valence-corrected chi connectivity index (χ3v) is 3.08. The Morgan fingerprint density at radius 3 is 2.24 bits per heavy atom. The van der Waals surface area contributed by atoms with E-state index < -0.39 is 0 Å². The Labute approximate surface area is 102 Å². The Bertz CT molecular complexity index is 395. The summed E-state index contributed by atoms with van der Waals surface area (Å²) >= 11 is 0. The van der Waals surface area contributed by atoms with Gasteiger partial charge in [0, 0.05) is 6.42 Å². The van der Waals surface area contributed by atoms with E-state index in [-0.39, 0.29) is 23.1 Å². The molecule has 1 aromatic carbocycles. The molecule has 94 valence electrons. The summed E-state index contributed by atoms with van der Waals surface area (Å²) in [4.78, 5) is 0. The first kappa shape index (κ1) is 12.4. The van der Waals surface area contributed by atoms with Crippen LogP contribution in [0.2, 0.25) is 0 Å². The lowest BCUT2D eigenvalue weighted by Gasteiger charge is -2.27. The molecule has 0 saturated carbocycles. The molecule has 0 aliphatic carbocycles. The highest BCUT2D eigenvalue weighted by Crippen LogP contribution is 2.39. The van der Waals surface area contributed by atoms with Gasteiger partial charge in [0.2, 0.25) is 0 Å². The summed E-state index contributed by atoms with van der Waals surface area (Å²) in [5, 5.41) is 0. The zero-order chi connectivity index (χ0) is 12.7. The van der Waals surface area contributed by atoms with Gasteiger partial charge in [0.1, 0.15) is 23.3 Å². The van der Waals surface area contributed by atoms with E-state index in [1.165, 1.54) is 12.1 Å². The second-order valence-electron chi connectivity index (χ2n) is 5.73. The fraction of sp³-hybridized carbons (Fsp3) is 0.571. The van der Waals surface area contributed by atoms with Crippen LogP contribution in [-0.2, 0) is 4.74 Å². The summed E-state index contributed by atoms with van der Waals surface area (Å²) in [6, 6.07) is 6.11. The van der Waals surface area contributed by atoms with Crippen molar-refractivity contribution < 1.29 is 13.9 Å². The third kappa shape index (κ3) is 2.78. The maximum absolute atomic E-state index is 12.8. The predicted octanol–water partition coefficient (Wildman–Crippen LogP) is 3.55. The van der Waals surface area contributed by atoms with E-state index in [0.29, 0.717) is 5.75 Å². The molecule has 0 radical (unpaired) electrons. The fourth-order valence-corrected chi connectivity index (χ4v) is 2.37. The first-order valence-corrected chi connectivity index (χ1v) is 5.91. The first-order chi connectivity index (χ1) is 7.78. The lowest BCUT2D eigenvalue weighted by Crippen LogP contribution is -2.36. The van der Waals surface area contributed by atoms with Crippen LogP contribution in [0.25, 0.3) is 0 Å². The highest BCUT2D eigenvalue weighted by molar-refractivity contribution is 5.23. The average molecular weight is 238 g/mol. The second kappa shape index (κ2) is 3.98. The lowest BCUT2D eigenvalue weighted by atomic mass is 9.97. The Morgan fingerprint density at radius 2 is 1.76 bits per heavy atom. The van der Waals surface area contributed by atoms with Gasteiger partial charge in [0.05, 0.1) is 5.60 Å². The number of hydrogen-bond acceptors (Lipinski definition) is 2. The van der Waals surface area contributed by atoms with Gasteiger partial charge in [-0.15, -0.1) is 0 Å². The number of rotatable bonds is 2. The van der Waals surface area contributed by atoms with Gasteiger partial charge in [-0.2, -0.15) is 0 Å². The number of ether oxygens (including phenoxy) is 2. The van der Waals surface area contributed by atoms with E-state index in [4.69, 9.17) is 9.47 Å². The molecule has 1 aliphatic heterocycles. The SMILES string of the molecule is CC1(C)CC(Oc2ccc(F)cc2)C(C)(C)O1. The summed E-state index contributed by atoms with van der Waals surface area (Å²) in [5.41, 5.74) is -0.494. The van der Waals surface area contributed by atoms with Gasteiger partial charge in [-0.3, -0.25) is 0 Å². The number of hydrogen-bond donors (Lipinski definition) is 0. The molecule has 1 unspecified atom stereocenters. The van der Waals surface area contributed by atoms with E-state index in [0.717, 1.165) is 6.42 Å². The zero-order valence-electron chi connectivity index (χ0n) is 10.8. The van der Waals surface area contributed by atoms with Crippen LogP contribution in [0, 0.1) is 5.82 Å². The lowest BCUT2D eigenvalue weighted by molar-refractivity contribution is -0.0846. The van der Waals surface area contributed by atoms with Crippen LogP contribution >= 0.6 is 0 Å². The molecule has 0 amide bonds. The third-order valence-electron chi connectivity index (χ3n) is 3.08. The van der Waals surface area contributed by atoms with E-state index >= 15 is 0 Å². The van der Waals surface area contributed by atoms with Crippen molar-refractivity contribution in [3.8, 4) is 5.75 Å². The van der Waals surface area contributed by atoms with Crippen molar-refractivity contribution in [1.29, 1.82) is 0 Å². The van der Waals surface area contributed by atoms with Crippen molar-refractivity contribution in [3.05, 3.63) is 30.1 Å². The van der Waals surface area contributed by atoms with Crippen LogP contribution in [-0.4, -0.2) is 17.3 Å². The summed E-state index contributed by atoms with van der Waals surface area (Å²) in [5.74, 6) is 0.436. The minimum absolute atomic E-state index is 0.0111. The van der Waals surface area contributed by atoms with Gasteiger partial charge in [-0.25, -0.2) is 4.39 Å². The molecule has 1 fully saturated rings. The molecule has 17 heavy (non-hydrogen) atoms. The van der Waals surface area contributed by atoms with Crippen molar-refractivity contribution in [2.45, 2.75) is 51.4 Å². The van der Waals surface area contributed by atoms with Gasteiger partial charge >= 0.3 is 0 Å². The molecule has 1 atom stereocenters. The Hall–Kier alpha value is -1.09. The molecular weight excluding hydrogens is 219 g/mol. The van der Waals surface area contributed by atoms with Crippen molar-refractivity contribution in [2.75, 3.05) is 0 Å². The zero-order valence-corrected chi connectivity index (χ0v) is 10.8. The Balaban J connectivity index is 2.11. The van der Waals surface area contributed by atoms with Crippen molar-refractivity contribution in [2.24, 2.45) is 0 Å². The highest BCUT2D eigenvalue weighted by Gasteiger charge is 2.47. The second-order valence-corrected chi connectivity index (χ2v) is 5.73. The van der Waals surface area contributed by atoms with E-state index in [1.807, 2.05) is 13.8 Å². The van der Waals surface area contributed by atoms with Crippen LogP contribution in [0.3, 0.4) is 0 Å². The van der Waals surface area contributed by atoms with Gasteiger partial charge in [0.15, 0.2) is 0 Å². The summed E-state index contributed by atoms with van der Waals surface area (Å²) in [6.07, 6.45) is 0.820. The van der Waals surface area contributed by atoms with Crippen molar-refractivity contribution in [3.63, 3.8) is 0 Å². The van der Waals surface area contributed by atoms with E-state index in [1.54, 1.807) is 12.1 Å². The molecule has 1 heterocycles. The molecule has 0 aromatic heterocycles. The standard InChI is InChI=1S/C14H19FO2/c1-13(2)9-12(14(3,4)17-13)16-11-7-5-10(15)6-8-11/h5-8,12H,9H2,1-4H3. The van der Waals surface area contributed by atoms with Crippen LogP contribution in [0.15, 0.2) is 24.3 Å². The first-order valence-electron chi connectivity index (χ1n) is 5.91. The van der Waals surface area contributed by atoms with Crippen LogP contribution in [0.1, 0.15) is 34.1 Å². The average Bonchev–Trinajstić information content (AvgIpc) is 2.38. The highest BCUT2D eigenvalue weighted by atomic mass is 19.1. The number of benzene rings is 1. The van der Waals surface area contributed by atoms with Crippen LogP contribution < -0.4 is 4.74 Å². The number of halogens is 1. The molecule has 2 rings (SSSR count). The Kier molecular flexibility index (Phi) is 2.90. The van der Waals surface area contributed by atoms with E-state index in [2.05, 4.69) is 13.8 Å². The molecule has 1 aromatic rings. The van der Waals surface area contributed by atoms with Gasteiger partial charge < -0.3 is 9.47 Å². The van der Waals surface area contributed by atoms with E-state index in [9.17, 15) is 4.39 Å². The maximum Gasteiger partial charge on any atom is 0.130 e. The molecule has 0 spiro atoms. The van der Waals surface area contributed by atoms with Gasteiger partial charge in [-0.05, 0) is 52.0 Å². The normalized spacial score (nSPS) is 25.8. The summed E-state index contributed by atoms with van der Waals surface area (Å²) < 4.78 is 24.6. The minimum Gasteiger partial charge on any atom is -0.487 e. The molecule has 0 N–H and O–H groups in total. The van der Waals surface area contributed by atoms with Crippen LogP contribution in [0.5, 0.6) is 5.75 Å². The topological polar surface area (TPSA) is 18.5 Å². The summed E-state index contributed by atoms with van der Waals surface area (Å²) in [6.45, 7) is 8.16. The quantitative estimate of drug-likeness (QED) is 0.784. The molecule has 0 bridgehead atoms. The predicted molar refractivity (Wildman–Crippen MR) is 64.7 cm³/mol. The largest absolute Gasteiger partial charge is 0.487 e. The summed E-state index contributed by atoms with van der Waals surface area (Å²) in [7, 11) is 0. The van der Waals surface area contributed by atoms with Gasteiger partial charge in [-0.1, -0.05) is 0 Å². The fourth-order valence-electron chi connectivity index (χ4n) is 2.37. The maximum atomic E-state index is 12.8. The molecule has 2 nitrogen and oxygen atoms in total.